The van der Waals surface area contributed by atoms with Gasteiger partial charge in [0.15, 0.2) is 0 Å². The summed E-state index contributed by atoms with van der Waals surface area (Å²) in [5.41, 5.74) is 8.23. The lowest BCUT2D eigenvalue weighted by Crippen LogP contribution is -2.34. The highest BCUT2D eigenvalue weighted by Crippen LogP contribution is 2.23. The zero-order chi connectivity index (χ0) is 19.8. The normalized spacial score (nSPS) is 12.0. The van der Waals surface area contributed by atoms with E-state index in [-0.39, 0.29) is 17.7 Å². The van der Waals surface area contributed by atoms with Gasteiger partial charge in [0.1, 0.15) is 0 Å². The average molecular weight is 386 g/mol. The highest BCUT2D eigenvalue weighted by Gasteiger charge is 2.17. The Morgan fingerprint density at radius 3 is 2.37 bits per heavy atom. The lowest BCUT2D eigenvalue weighted by Gasteiger charge is -2.25. The number of nitrogens with one attached hydrogen (secondary N) is 1. The summed E-state index contributed by atoms with van der Waals surface area (Å²) in [4.78, 5) is 26.6. The fourth-order valence-corrected chi connectivity index (χ4v) is 3.58. The van der Waals surface area contributed by atoms with Crippen LogP contribution < -0.4 is 11.1 Å². The second-order valence-corrected chi connectivity index (χ2v) is 7.55. The molecule has 0 saturated heterocycles. The SMILES string of the molecule is CCc1ccc(C(CNC(=O)c2ccccc2SCC(N)=O)N(C)C)cc1. The maximum Gasteiger partial charge on any atom is 0.252 e. The van der Waals surface area contributed by atoms with E-state index >= 15 is 0 Å². The molecule has 0 aliphatic rings. The third kappa shape index (κ3) is 6.12. The summed E-state index contributed by atoms with van der Waals surface area (Å²) in [6, 6.07) is 15.8. The minimum Gasteiger partial charge on any atom is -0.369 e. The maximum atomic E-state index is 12.7. The summed E-state index contributed by atoms with van der Waals surface area (Å²) in [7, 11) is 4.00. The van der Waals surface area contributed by atoms with Crippen molar-refractivity contribution in [2.75, 3.05) is 26.4 Å². The van der Waals surface area contributed by atoms with Gasteiger partial charge in [-0.15, -0.1) is 11.8 Å². The van der Waals surface area contributed by atoms with Gasteiger partial charge in [0, 0.05) is 11.4 Å². The van der Waals surface area contributed by atoms with Crippen LogP contribution in [0, 0.1) is 0 Å². The first kappa shape index (κ1) is 21.0. The molecule has 0 spiro atoms. The Morgan fingerprint density at radius 2 is 1.78 bits per heavy atom. The number of carbonyl (C=O) groups is 2. The molecule has 0 saturated carbocycles. The molecule has 27 heavy (non-hydrogen) atoms. The number of rotatable bonds is 9. The highest BCUT2D eigenvalue weighted by molar-refractivity contribution is 8.00. The van der Waals surface area contributed by atoms with Crippen molar-refractivity contribution in [3.8, 4) is 0 Å². The molecule has 1 unspecified atom stereocenters. The van der Waals surface area contributed by atoms with Crippen LogP contribution in [0.15, 0.2) is 53.4 Å². The van der Waals surface area contributed by atoms with Crippen LogP contribution >= 0.6 is 11.8 Å². The molecule has 2 aromatic rings. The van der Waals surface area contributed by atoms with Gasteiger partial charge in [-0.25, -0.2) is 0 Å². The Labute approximate surface area is 165 Å². The van der Waals surface area contributed by atoms with Gasteiger partial charge < -0.3 is 16.0 Å². The lowest BCUT2D eigenvalue weighted by atomic mass is 10.0. The summed E-state index contributed by atoms with van der Waals surface area (Å²) in [5.74, 6) is -0.410. The van der Waals surface area contributed by atoms with Gasteiger partial charge in [0.05, 0.1) is 17.4 Å². The standard InChI is InChI=1S/C21H27N3O2S/c1-4-15-9-11-16(12-10-15)18(24(2)3)13-23-21(26)17-7-5-6-8-19(17)27-14-20(22)25/h5-12,18H,4,13-14H2,1-3H3,(H2,22,25)(H,23,26). The molecule has 2 rings (SSSR count). The van der Waals surface area contributed by atoms with E-state index in [4.69, 9.17) is 5.73 Å². The molecule has 0 aromatic heterocycles. The summed E-state index contributed by atoms with van der Waals surface area (Å²) in [5, 5.41) is 3.03. The number of aryl methyl sites for hydroxylation is 1. The Kier molecular flexibility index (Phi) is 7.88. The molecule has 0 aliphatic carbocycles. The van der Waals surface area contributed by atoms with Crippen LogP contribution in [-0.2, 0) is 11.2 Å². The lowest BCUT2D eigenvalue weighted by molar-refractivity contribution is -0.115. The van der Waals surface area contributed by atoms with Gasteiger partial charge in [-0.05, 0) is 43.8 Å². The Hall–Kier alpha value is -2.31. The van der Waals surface area contributed by atoms with Crippen molar-refractivity contribution in [1.29, 1.82) is 0 Å². The fraction of sp³-hybridized carbons (Fsp3) is 0.333. The predicted molar refractivity (Wildman–Crippen MR) is 111 cm³/mol. The number of hydrogen-bond donors (Lipinski definition) is 2. The average Bonchev–Trinajstić information content (AvgIpc) is 2.66. The van der Waals surface area contributed by atoms with Gasteiger partial charge in [-0.1, -0.05) is 43.3 Å². The molecule has 6 heteroatoms. The first-order chi connectivity index (χ1) is 12.9. The minimum atomic E-state index is -0.404. The predicted octanol–water partition coefficient (Wildman–Crippen LogP) is 2.86. The number of thioether (sulfide) groups is 1. The van der Waals surface area contributed by atoms with E-state index in [2.05, 4.69) is 41.4 Å². The molecule has 0 heterocycles. The van der Waals surface area contributed by atoms with Gasteiger partial charge >= 0.3 is 0 Å². The van der Waals surface area contributed by atoms with Crippen molar-refractivity contribution in [3.05, 3.63) is 65.2 Å². The number of nitrogens with zero attached hydrogens (tertiary/aromatic N) is 1. The second kappa shape index (κ2) is 10.1. The summed E-state index contributed by atoms with van der Waals surface area (Å²) in [6.07, 6.45) is 1.00. The maximum absolute atomic E-state index is 12.7. The van der Waals surface area contributed by atoms with Gasteiger partial charge in [-0.2, -0.15) is 0 Å². The Morgan fingerprint density at radius 1 is 1.11 bits per heavy atom. The molecule has 0 aliphatic heterocycles. The van der Waals surface area contributed by atoms with E-state index < -0.39 is 5.91 Å². The number of amides is 2. The van der Waals surface area contributed by atoms with E-state index in [1.165, 1.54) is 17.3 Å². The number of nitrogens with two attached hydrogens (primary N) is 1. The molecule has 2 aromatic carbocycles. The molecular formula is C21H27N3O2S. The second-order valence-electron chi connectivity index (χ2n) is 6.54. The molecule has 144 valence electrons. The third-order valence-corrected chi connectivity index (χ3v) is 5.45. The van der Waals surface area contributed by atoms with E-state index in [1.807, 2.05) is 32.3 Å². The van der Waals surface area contributed by atoms with Crippen molar-refractivity contribution in [1.82, 2.24) is 10.2 Å². The molecule has 5 nitrogen and oxygen atoms in total. The monoisotopic (exact) mass is 385 g/mol. The van der Waals surface area contributed by atoms with E-state index in [9.17, 15) is 9.59 Å². The number of carbonyl (C=O) groups excluding carboxylic acids is 2. The third-order valence-electron chi connectivity index (χ3n) is 4.35. The van der Waals surface area contributed by atoms with Gasteiger partial charge in [-0.3, -0.25) is 9.59 Å². The molecule has 3 N–H and O–H groups in total. The summed E-state index contributed by atoms with van der Waals surface area (Å²) >= 11 is 1.28. The van der Waals surface area contributed by atoms with E-state index in [0.717, 1.165) is 16.9 Å². The van der Waals surface area contributed by atoms with Crippen LogP contribution in [0.4, 0.5) is 0 Å². The van der Waals surface area contributed by atoms with Crippen LogP contribution in [0.1, 0.15) is 34.5 Å². The highest BCUT2D eigenvalue weighted by atomic mass is 32.2. The minimum absolute atomic E-state index is 0.0743. The number of hydrogen-bond acceptors (Lipinski definition) is 4. The molecule has 0 fully saturated rings. The molecule has 2 amide bonds. The van der Waals surface area contributed by atoms with Crippen LogP contribution in [0.25, 0.3) is 0 Å². The Bertz CT molecular complexity index is 775. The zero-order valence-corrected chi connectivity index (χ0v) is 16.9. The molecule has 0 bridgehead atoms. The molecular weight excluding hydrogens is 358 g/mol. The van der Waals surface area contributed by atoms with Crippen LogP contribution in [-0.4, -0.2) is 43.1 Å². The fourth-order valence-electron chi connectivity index (χ4n) is 2.79. The van der Waals surface area contributed by atoms with Crippen LogP contribution in [0.5, 0.6) is 0 Å². The van der Waals surface area contributed by atoms with Crippen molar-refractivity contribution in [2.24, 2.45) is 5.73 Å². The van der Waals surface area contributed by atoms with Crippen molar-refractivity contribution >= 4 is 23.6 Å². The van der Waals surface area contributed by atoms with Crippen molar-refractivity contribution < 1.29 is 9.59 Å². The van der Waals surface area contributed by atoms with E-state index in [0.29, 0.717) is 12.1 Å². The molecule has 0 radical (unpaired) electrons. The van der Waals surface area contributed by atoms with Crippen molar-refractivity contribution in [2.45, 2.75) is 24.3 Å². The number of likely N-dealkylation sites (N-methyl/N-ethyl adjacent to an activating group) is 1. The largest absolute Gasteiger partial charge is 0.369 e. The van der Waals surface area contributed by atoms with E-state index in [1.54, 1.807) is 6.07 Å². The number of benzene rings is 2. The first-order valence-corrected chi connectivity index (χ1v) is 9.94. The quantitative estimate of drug-likeness (QED) is 0.651. The number of primary amides is 1. The topological polar surface area (TPSA) is 75.4 Å². The van der Waals surface area contributed by atoms with Gasteiger partial charge in [0.2, 0.25) is 5.91 Å². The van der Waals surface area contributed by atoms with Crippen molar-refractivity contribution in [3.63, 3.8) is 0 Å². The van der Waals surface area contributed by atoms with Gasteiger partial charge in [0.25, 0.3) is 5.91 Å². The first-order valence-electron chi connectivity index (χ1n) is 8.96. The summed E-state index contributed by atoms with van der Waals surface area (Å²) < 4.78 is 0. The van der Waals surface area contributed by atoms with Crippen LogP contribution in [0.3, 0.4) is 0 Å². The zero-order valence-electron chi connectivity index (χ0n) is 16.1. The molecule has 1 atom stereocenters. The smallest absolute Gasteiger partial charge is 0.252 e. The van der Waals surface area contributed by atoms with Crippen LogP contribution in [0.2, 0.25) is 0 Å². The summed E-state index contributed by atoms with van der Waals surface area (Å²) in [6.45, 7) is 2.62. The Balaban J connectivity index is 2.08.